The molecular weight excluding hydrogens is 368 g/mol. The van der Waals surface area contributed by atoms with Crippen molar-refractivity contribution in [1.29, 1.82) is 0 Å². The Morgan fingerprint density at radius 2 is 1.70 bits per heavy atom. The third kappa shape index (κ3) is 4.61. The van der Waals surface area contributed by atoms with Crippen LogP contribution in [0.4, 0.5) is 0 Å². The van der Waals surface area contributed by atoms with Crippen LogP contribution in [0.15, 0.2) is 42.5 Å². The van der Waals surface area contributed by atoms with Gasteiger partial charge in [-0.2, -0.15) is 0 Å². The molecule has 0 aromatic heterocycles. The van der Waals surface area contributed by atoms with E-state index in [-0.39, 0.29) is 18.3 Å². The topological polar surface area (TPSA) is 61.8 Å². The number of benzene rings is 2. The van der Waals surface area contributed by atoms with Crippen molar-refractivity contribution in [2.45, 2.75) is 19.8 Å². The number of ketones is 1. The maximum absolute atomic E-state index is 12.6. The highest BCUT2D eigenvalue weighted by atomic mass is 35.5. The Bertz CT molecular complexity index is 829. The van der Waals surface area contributed by atoms with Gasteiger partial charge in [0, 0.05) is 10.6 Å². The van der Waals surface area contributed by atoms with Gasteiger partial charge in [0.1, 0.15) is 13.2 Å². The van der Waals surface area contributed by atoms with E-state index in [0.29, 0.717) is 35.3 Å². The lowest BCUT2D eigenvalue weighted by Crippen LogP contribution is -2.24. The maximum Gasteiger partial charge on any atom is 0.314 e. The third-order valence-electron chi connectivity index (χ3n) is 4.36. The Balaban J connectivity index is 1.66. The van der Waals surface area contributed by atoms with Crippen molar-refractivity contribution < 1.29 is 23.8 Å². The SMILES string of the molecule is CC(C)[C@@H](C(=O)OCC(=O)c1ccc2c(c1)OCCO2)c1ccc(Cl)cc1. The summed E-state index contributed by atoms with van der Waals surface area (Å²) in [6.45, 7) is 4.47. The molecule has 0 unspecified atom stereocenters. The molecule has 0 amide bonds. The fourth-order valence-corrected chi connectivity index (χ4v) is 3.12. The molecule has 1 heterocycles. The number of hydrogen-bond acceptors (Lipinski definition) is 5. The van der Waals surface area contributed by atoms with Gasteiger partial charge in [-0.25, -0.2) is 0 Å². The van der Waals surface area contributed by atoms with Crippen molar-refractivity contribution in [1.82, 2.24) is 0 Å². The van der Waals surface area contributed by atoms with E-state index in [1.54, 1.807) is 42.5 Å². The first-order valence-corrected chi connectivity index (χ1v) is 9.18. The standard InChI is InChI=1S/C21H21ClO5/c1-13(2)20(14-3-6-16(22)7-4-14)21(24)27-12-17(23)15-5-8-18-19(11-15)26-10-9-25-18/h3-8,11,13,20H,9-10,12H2,1-2H3/t20-/m1/s1. The molecule has 0 fully saturated rings. The molecule has 27 heavy (non-hydrogen) atoms. The second kappa shape index (κ2) is 8.44. The molecule has 0 saturated carbocycles. The molecular formula is C21H21ClO5. The van der Waals surface area contributed by atoms with Crippen molar-refractivity contribution in [2.24, 2.45) is 5.92 Å². The Hall–Kier alpha value is -2.53. The zero-order chi connectivity index (χ0) is 19.4. The van der Waals surface area contributed by atoms with Crippen LogP contribution in [0.25, 0.3) is 0 Å². The number of carbonyl (C=O) groups excluding carboxylic acids is 2. The van der Waals surface area contributed by atoms with E-state index in [1.165, 1.54) is 0 Å². The second-order valence-electron chi connectivity index (χ2n) is 6.66. The molecule has 2 aromatic rings. The number of ether oxygens (including phenoxy) is 3. The summed E-state index contributed by atoms with van der Waals surface area (Å²) in [5, 5.41) is 0.600. The van der Waals surface area contributed by atoms with Gasteiger partial charge in [0.05, 0.1) is 5.92 Å². The average molecular weight is 389 g/mol. The number of Topliss-reactive ketones (excluding diaryl/α,β-unsaturated/α-hetero) is 1. The highest BCUT2D eigenvalue weighted by molar-refractivity contribution is 6.30. The molecule has 5 nitrogen and oxygen atoms in total. The van der Waals surface area contributed by atoms with Gasteiger partial charge < -0.3 is 14.2 Å². The molecule has 6 heteroatoms. The van der Waals surface area contributed by atoms with Gasteiger partial charge in [-0.3, -0.25) is 9.59 Å². The molecule has 142 valence electrons. The highest BCUT2D eigenvalue weighted by Gasteiger charge is 2.26. The van der Waals surface area contributed by atoms with Crippen LogP contribution in [0.2, 0.25) is 5.02 Å². The van der Waals surface area contributed by atoms with Crippen LogP contribution in [-0.2, 0) is 9.53 Å². The summed E-state index contributed by atoms with van der Waals surface area (Å²) < 4.78 is 16.2. The summed E-state index contributed by atoms with van der Waals surface area (Å²) in [6.07, 6.45) is 0. The quantitative estimate of drug-likeness (QED) is 0.546. The van der Waals surface area contributed by atoms with Crippen LogP contribution in [0, 0.1) is 5.92 Å². The van der Waals surface area contributed by atoms with Gasteiger partial charge in [0.25, 0.3) is 0 Å². The molecule has 0 radical (unpaired) electrons. The minimum atomic E-state index is -0.463. The molecule has 1 aliphatic rings. The van der Waals surface area contributed by atoms with Crippen molar-refractivity contribution >= 4 is 23.4 Å². The fourth-order valence-electron chi connectivity index (χ4n) is 2.99. The van der Waals surface area contributed by atoms with E-state index >= 15 is 0 Å². The molecule has 1 atom stereocenters. The monoisotopic (exact) mass is 388 g/mol. The number of halogens is 1. The fraction of sp³-hybridized carbons (Fsp3) is 0.333. The number of carbonyl (C=O) groups is 2. The van der Waals surface area contributed by atoms with E-state index in [0.717, 1.165) is 5.56 Å². The van der Waals surface area contributed by atoms with Gasteiger partial charge in [0.2, 0.25) is 0 Å². The minimum absolute atomic E-state index is 0.0167. The second-order valence-corrected chi connectivity index (χ2v) is 7.10. The number of rotatable bonds is 6. The molecule has 0 N–H and O–H groups in total. The van der Waals surface area contributed by atoms with Gasteiger partial charge in [-0.15, -0.1) is 0 Å². The minimum Gasteiger partial charge on any atom is -0.486 e. The van der Waals surface area contributed by atoms with E-state index in [2.05, 4.69) is 0 Å². The molecule has 2 aromatic carbocycles. The Morgan fingerprint density at radius 1 is 1.04 bits per heavy atom. The average Bonchev–Trinajstić information content (AvgIpc) is 2.67. The molecule has 0 spiro atoms. The summed E-state index contributed by atoms with van der Waals surface area (Å²) in [6, 6.07) is 12.0. The Kier molecular flexibility index (Phi) is 6.01. The summed E-state index contributed by atoms with van der Waals surface area (Å²) in [7, 11) is 0. The zero-order valence-corrected chi connectivity index (χ0v) is 16.0. The van der Waals surface area contributed by atoms with E-state index in [9.17, 15) is 9.59 Å². The van der Waals surface area contributed by atoms with Crippen molar-refractivity contribution in [3.63, 3.8) is 0 Å². The Labute approximate surface area is 163 Å². The first-order valence-electron chi connectivity index (χ1n) is 8.80. The van der Waals surface area contributed by atoms with Gasteiger partial charge in [0.15, 0.2) is 23.9 Å². The zero-order valence-electron chi connectivity index (χ0n) is 15.2. The van der Waals surface area contributed by atoms with Crippen LogP contribution < -0.4 is 9.47 Å². The molecule has 0 saturated heterocycles. The van der Waals surface area contributed by atoms with E-state index in [4.69, 9.17) is 25.8 Å². The van der Waals surface area contributed by atoms with E-state index < -0.39 is 11.9 Å². The Morgan fingerprint density at radius 3 is 2.37 bits per heavy atom. The van der Waals surface area contributed by atoms with Gasteiger partial charge >= 0.3 is 5.97 Å². The van der Waals surface area contributed by atoms with Crippen LogP contribution in [0.1, 0.15) is 35.7 Å². The third-order valence-corrected chi connectivity index (χ3v) is 4.61. The van der Waals surface area contributed by atoms with Crippen molar-refractivity contribution in [3.05, 3.63) is 58.6 Å². The number of fused-ring (bicyclic) bond motifs is 1. The molecule has 3 rings (SSSR count). The van der Waals surface area contributed by atoms with Crippen LogP contribution >= 0.6 is 11.6 Å². The first kappa shape index (κ1) is 19.2. The smallest absolute Gasteiger partial charge is 0.314 e. The lowest BCUT2D eigenvalue weighted by atomic mass is 9.88. The number of esters is 1. The predicted molar refractivity (Wildman–Crippen MR) is 102 cm³/mol. The predicted octanol–water partition coefficient (Wildman–Crippen LogP) is 4.28. The summed E-state index contributed by atoms with van der Waals surface area (Å²) in [5.74, 6) is -0.0346. The lowest BCUT2D eigenvalue weighted by Gasteiger charge is -2.20. The molecule has 0 bridgehead atoms. The van der Waals surface area contributed by atoms with Crippen molar-refractivity contribution in [3.8, 4) is 11.5 Å². The molecule has 1 aliphatic heterocycles. The largest absolute Gasteiger partial charge is 0.486 e. The van der Waals surface area contributed by atoms with Crippen LogP contribution in [0.5, 0.6) is 11.5 Å². The maximum atomic E-state index is 12.6. The van der Waals surface area contributed by atoms with Gasteiger partial charge in [-0.05, 0) is 41.8 Å². The van der Waals surface area contributed by atoms with Crippen molar-refractivity contribution in [2.75, 3.05) is 19.8 Å². The van der Waals surface area contributed by atoms with Crippen LogP contribution in [0.3, 0.4) is 0 Å². The number of hydrogen-bond donors (Lipinski definition) is 0. The first-order chi connectivity index (χ1) is 13.0. The normalized spacial score (nSPS) is 13.9. The highest BCUT2D eigenvalue weighted by Crippen LogP contribution is 2.31. The lowest BCUT2D eigenvalue weighted by molar-refractivity contribution is -0.145. The summed E-state index contributed by atoms with van der Waals surface area (Å²) in [5.41, 5.74) is 1.23. The summed E-state index contributed by atoms with van der Waals surface area (Å²) >= 11 is 5.92. The summed E-state index contributed by atoms with van der Waals surface area (Å²) in [4.78, 5) is 25.0. The molecule has 0 aliphatic carbocycles. The van der Waals surface area contributed by atoms with Gasteiger partial charge in [-0.1, -0.05) is 37.6 Å². The van der Waals surface area contributed by atoms with Crippen LogP contribution in [-0.4, -0.2) is 31.6 Å². The van der Waals surface area contributed by atoms with E-state index in [1.807, 2.05) is 13.8 Å².